The van der Waals surface area contributed by atoms with Gasteiger partial charge in [-0.2, -0.15) is 0 Å². The molecule has 0 aromatic carbocycles. The molecule has 0 fully saturated rings. The van der Waals surface area contributed by atoms with Gasteiger partial charge in [0.1, 0.15) is 18.1 Å². The van der Waals surface area contributed by atoms with Gasteiger partial charge in [-0.15, -0.1) is 0 Å². The number of alkyl halides is 1. The van der Waals surface area contributed by atoms with Crippen LogP contribution in [0.4, 0.5) is 13.2 Å². The van der Waals surface area contributed by atoms with Crippen molar-refractivity contribution < 1.29 is 18.0 Å². The maximum absolute atomic E-state index is 14.2. The van der Waals surface area contributed by atoms with Crippen molar-refractivity contribution in [3.05, 3.63) is 42.0 Å². The summed E-state index contributed by atoms with van der Waals surface area (Å²) in [7, 11) is 0. The largest absolute Gasteiger partial charge is 0.353 e. The van der Waals surface area contributed by atoms with Crippen LogP contribution in [-0.2, 0) is 11.2 Å². The monoisotopic (exact) mass is 377 g/mol. The van der Waals surface area contributed by atoms with Crippen LogP contribution < -0.4 is 5.32 Å². The lowest BCUT2D eigenvalue weighted by atomic mass is 9.86. The van der Waals surface area contributed by atoms with Crippen LogP contribution in [-0.4, -0.2) is 39.1 Å². The molecule has 0 radical (unpaired) electrons. The Hall–Kier alpha value is -2.97. The first-order valence-corrected chi connectivity index (χ1v) is 8.30. The number of nitrogens with one attached hydrogen (secondary N) is 2. The second-order valence-electron chi connectivity index (χ2n) is 6.75. The average Bonchev–Trinajstić information content (AvgIpc) is 3.04. The number of carbonyl (C=O) groups excluding carboxylic acids is 1. The van der Waals surface area contributed by atoms with Gasteiger partial charge in [-0.1, -0.05) is 13.8 Å². The van der Waals surface area contributed by atoms with Crippen molar-refractivity contribution in [2.45, 2.75) is 20.3 Å². The fourth-order valence-corrected chi connectivity index (χ4v) is 2.72. The number of hydrogen-bond donors (Lipinski definition) is 2. The SMILES string of the molecule is CC(C)(Cc1nc(-c2c[nH]c3ncc(F)cc23)ncc1F)C(=O)NCCF. The minimum Gasteiger partial charge on any atom is -0.353 e. The number of rotatable bonds is 6. The Bertz CT molecular complexity index is 986. The van der Waals surface area contributed by atoms with Crippen molar-refractivity contribution in [1.82, 2.24) is 25.3 Å². The molecule has 3 aromatic heterocycles. The molecule has 0 bridgehead atoms. The first-order valence-electron chi connectivity index (χ1n) is 8.30. The summed E-state index contributed by atoms with van der Waals surface area (Å²) in [6.07, 6.45) is 3.64. The third-order valence-corrected chi connectivity index (χ3v) is 4.16. The van der Waals surface area contributed by atoms with Gasteiger partial charge in [0.15, 0.2) is 11.6 Å². The highest BCUT2D eigenvalue weighted by Crippen LogP contribution is 2.28. The molecule has 0 aliphatic carbocycles. The van der Waals surface area contributed by atoms with E-state index >= 15 is 0 Å². The van der Waals surface area contributed by atoms with Crippen LogP contribution in [0.25, 0.3) is 22.4 Å². The first kappa shape index (κ1) is 18.8. The zero-order valence-electron chi connectivity index (χ0n) is 14.8. The molecule has 3 heterocycles. The summed E-state index contributed by atoms with van der Waals surface area (Å²) in [5.74, 6) is -1.39. The normalized spacial score (nSPS) is 11.7. The number of halogens is 3. The molecule has 0 saturated heterocycles. The van der Waals surface area contributed by atoms with Crippen molar-refractivity contribution in [3.8, 4) is 11.4 Å². The molecule has 3 aromatic rings. The minimum absolute atomic E-state index is 0.0125. The van der Waals surface area contributed by atoms with Gasteiger partial charge in [0, 0.05) is 35.5 Å². The van der Waals surface area contributed by atoms with Crippen molar-refractivity contribution in [3.63, 3.8) is 0 Å². The average molecular weight is 377 g/mol. The quantitative estimate of drug-likeness (QED) is 0.692. The van der Waals surface area contributed by atoms with E-state index < -0.39 is 29.6 Å². The third-order valence-electron chi connectivity index (χ3n) is 4.16. The fourth-order valence-electron chi connectivity index (χ4n) is 2.72. The number of fused-ring (bicyclic) bond motifs is 1. The molecule has 1 amide bonds. The van der Waals surface area contributed by atoms with E-state index in [1.54, 1.807) is 20.0 Å². The molecule has 6 nitrogen and oxygen atoms in total. The van der Waals surface area contributed by atoms with E-state index in [0.29, 0.717) is 16.6 Å². The van der Waals surface area contributed by atoms with Gasteiger partial charge in [-0.05, 0) is 6.07 Å². The van der Waals surface area contributed by atoms with Crippen LogP contribution in [0.2, 0.25) is 0 Å². The molecular weight excluding hydrogens is 359 g/mol. The molecule has 2 N–H and O–H groups in total. The summed E-state index contributed by atoms with van der Waals surface area (Å²) in [4.78, 5) is 27.2. The number of nitrogens with zero attached hydrogens (tertiary/aromatic N) is 3. The van der Waals surface area contributed by atoms with Crippen molar-refractivity contribution in [2.75, 3.05) is 13.2 Å². The number of aromatic nitrogens is 4. The lowest BCUT2D eigenvalue weighted by Gasteiger charge is -2.23. The topological polar surface area (TPSA) is 83.6 Å². The summed E-state index contributed by atoms with van der Waals surface area (Å²) in [5, 5.41) is 2.92. The summed E-state index contributed by atoms with van der Waals surface area (Å²) in [6, 6.07) is 1.29. The number of hydrogen-bond acceptors (Lipinski definition) is 4. The minimum atomic E-state index is -1.00. The zero-order chi connectivity index (χ0) is 19.6. The molecule has 3 rings (SSSR count). The van der Waals surface area contributed by atoms with E-state index in [1.807, 2.05) is 0 Å². The molecule has 0 aliphatic heterocycles. The number of pyridine rings is 1. The maximum Gasteiger partial charge on any atom is 0.226 e. The Morgan fingerprint density at radius 3 is 2.78 bits per heavy atom. The van der Waals surface area contributed by atoms with Gasteiger partial charge in [0.25, 0.3) is 0 Å². The number of aromatic amines is 1. The molecule has 142 valence electrons. The number of H-pyrrole nitrogens is 1. The van der Waals surface area contributed by atoms with Crippen LogP contribution in [0.15, 0.2) is 24.7 Å². The second kappa shape index (κ2) is 7.34. The predicted molar refractivity (Wildman–Crippen MR) is 93.5 cm³/mol. The molecule has 0 aliphatic rings. The molecule has 0 saturated carbocycles. The summed E-state index contributed by atoms with van der Waals surface area (Å²) in [5.41, 5.74) is -0.0426. The Labute approximate surface area is 153 Å². The van der Waals surface area contributed by atoms with Gasteiger partial charge in [-0.3, -0.25) is 4.79 Å². The highest BCUT2D eigenvalue weighted by atomic mass is 19.1. The van der Waals surface area contributed by atoms with Gasteiger partial charge >= 0.3 is 0 Å². The Balaban J connectivity index is 1.94. The van der Waals surface area contributed by atoms with Crippen LogP contribution in [0.1, 0.15) is 19.5 Å². The van der Waals surface area contributed by atoms with Crippen LogP contribution in [0.5, 0.6) is 0 Å². The molecule has 9 heteroatoms. The Kier molecular flexibility index (Phi) is 5.11. The molecule has 0 atom stereocenters. The maximum atomic E-state index is 14.2. The van der Waals surface area contributed by atoms with Gasteiger partial charge in [-0.25, -0.2) is 28.1 Å². The highest BCUT2D eigenvalue weighted by Gasteiger charge is 2.30. The van der Waals surface area contributed by atoms with E-state index in [4.69, 9.17) is 0 Å². The van der Waals surface area contributed by atoms with Crippen molar-refractivity contribution in [2.24, 2.45) is 5.41 Å². The first-order chi connectivity index (χ1) is 12.8. The molecule has 0 spiro atoms. The van der Waals surface area contributed by atoms with Crippen LogP contribution in [0, 0.1) is 17.0 Å². The van der Waals surface area contributed by atoms with E-state index in [0.717, 1.165) is 12.4 Å². The van der Waals surface area contributed by atoms with Crippen molar-refractivity contribution >= 4 is 16.9 Å². The van der Waals surface area contributed by atoms with E-state index in [1.165, 1.54) is 6.07 Å². The van der Waals surface area contributed by atoms with E-state index in [-0.39, 0.29) is 24.5 Å². The molecule has 0 unspecified atom stereocenters. The lowest BCUT2D eigenvalue weighted by molar-refractivity contribution is -0.129. The van der Waals surface area contributed by atoms with Crippen LogP contribution >= 0.6 is 0 Å². The number of amides is 1. The summed E-state index contributed by atoms with van der Waals surface area (Å²) < 4.78 is 40.0. The van der Waals surface area contributed by atoms with E-state index in [2.05, 4.69) is 25.3 Å². The number of carbonyl (C=O) groups is 1. The lowest BCUT2D eigenvalue weighted by Crippen LogP contribution is -2.39. The van der Waals surface area contributed by atoms with Crippen molar-refractivity contribution in [1.29, 1.82) is 0 Å². The molecule has 27 heavy (non-hydrogen) atoms. The Morgan fingerprint density at radius 1 is 1.26 bits per heavy atom. The zero-order valence-corrected chi connectivity index (χ0v) is 14.8. The molecular formula is C18H18F3N5O. The van der Waals surface area contributed by atoms with Gasteiger partial charge in [0.05, 0.1) is 18.1 Å². The third kappa shape index (κ3) is 3.91. The van der Waals surface area contributed by atoms with Gasteiger partial charge in [0.2, 0.25) is 5.91 Å². The standard InChI is InChI=1S/C18H18F3N5O/c1-18(2,17(27)22-4-3-19)6-14-13(21)9-25-16(26-14)12-8-24-15-11(12)5-10(20)7-23-15/h5,7-9H,3-4,6H2,1-2H3,(H,22,27)(H,23,24). The summed E-state index contributed by atoms with van der Waals surface area (Å²) >= 11 is 0. The fraction of sp³-hybridized carbons (Fsp3) is 0.333. The summed E-state index contributed by atoms with van der Waals surface area (Å²) in [6.45, 7) is 2.45. The predicted octanol–water partition coefficient (Wildman–Crippen LogP) is 2.95. The van der Waals surface area contributed by atoms with E-state index in [9.17, 15) is 18.0 Å². The highest BCUT2D eigenvalue weighted by molar-refractivity contribution is 5.91. The smallest absolute Gasteiger partial charge is 0.226 e. The second-order valence-corrected chi connectivity index (χ2v) is 6.75. The van der Waals surface area contributed by atoms with Crippen LogP contribution in [0.3, 0.4) is 0 Å². The van der Waals surface area contributed by atoms with Gasteiger partial charge < -0.3 is 10.3 Å². The Morgan fingerprint density at radius 2 is 2.04 bits per heavy atom.